The lowest BCUT2D eigenvalue weighted by molar-refractivity contribution is -0.113. The van der Waals surface area contributed by atoms with E-state index in [-0.39, 0.29) is 18.3 Å². The number of nitrogens with zero attached hydrogens (tertiary/aromatic N) is 3. The van der Waals surface area contributed by atoms with E-state index in [1.54, 1.807) is 11.6 Å². The first-order valence-corrected chi connectivity index (χ1v) is 10.3. The monoisotopic (exact) mass is 404 g/mol. The average Bonchev–Trinajstić information content (AvgIpc) is 3.29. The minimum atomic E-state index is -0.174. The number of benzene rings is 1. The molecule has 0 atom stereocenters. The summed E-state index contributed by atoms with van der Waals surface area (Å²) < 4.78 is 11.4. The molecule has 1 amide bonds. The second-order valence-electron chi connectivity index (χ2n) is 6.12. The zero-order valence-corrected chi connectivity index (χ0v) is 16.9. The molecule has 0 saturated carbocycles. The van der Waals surface area contributed by atoms with E-state index in [4.69, 9.17) is 9.15 Å². The molecular formula is C18H20N4O3S2. The first kappa shape index (κ1) is 19.4. The summed E-state index contributed by atoms with van der Waals surface area (Å²) in [6, 6.07) is 6.15. The molecule has 0 radical (unpaired) electrons. The van der Waals surface area contributed by atoms with Crippen LogP contribution in [0.25, 0.3) is 0 Å². The van der Waals surface area contributed by atoms with Crippen LogP contribution < -0.4 is 10.1 Å². The van der Waals surface area contributed by atoms with Gasteiger partial charge >= 0.3 is 0 Å². The first-order chi connectivity index (χ1) is 13.0. The van der Waals surface area contributed by atoms with Gasteiger partial charge in [0.05, 0.1) is 5.75 Å². The van der Waals surface area contributed by atoms with Crippen LogP contribution in [0.2, 0.25) is 0 Å². The van der Waals surface area contributed by atoms with Gasteiger partial charge in [0, 0.05) is 11.6 Å². The Morgan fingerprint density at radius 3 is 2.96 bits per heavy atom. The highest BCUT2D eigenvalue weighted by Crippen LogP contribution is 2.28. The van der Waals surface area contributed by atoms with Crippen LogP contribution in [0.4, 0.5) is 5.13 Å². The normalized spacial score (nSPS) is 11.0. The Labute approximate surface area is 165 Å². The van der Waals surface area contributed by atoms with Gasteiger partial charge in [-0.15, -0.1) is 21.5 Å². The number of hydrogen-bond acceptors (Lipinski definition) is 8. The largest absolute Gasteiger partial charge is 0.484 e. The van der Waals surface area contributed by atoms with Crippen LogP contribution in [0.5, 0.6) is 5.75 Å². The molecule has 7 nitrogen and oxygen atoms in total. The standard InChI is InChI=1S/C18H20N4O3S2/c1-11(2)13-5-4-12(3)8-14(13)24-9-16-21-22-18(25-16)27-10-15(23)20-17-19-6-7-26-17/h4-8,11H,9-10H2,1-3H3,(H,19,20,23). The summed E-state index contributed by atoms with van der Waals surface area (Å²) in [5.74, 6) is 1.53. The number of carbonyl (C=O) groups is 1. The highest BCUT2D eigenvalue weighted by atomic mass is 32.2. The number of aromatic nitrogens is 3. The molecule has 0 aliphatic heterocycles. The van der Waals surface area contributed by atoms with Crippen molar-refractivity contribution < 1.29 is 13.9 Å². The molecule has 2 heterocycles. The third kappa shape index (κ3) is 5.54. The van der Waals surface area contributed by atoms with Crippen molar-refractivity contribution in [2.75, 3.05) is 11.1 Å². The molecule has 0 aliphatic rings. The minimum Gasteiger partial charge on any atom is -0.484 e. The number of aryl methyl sites for hydroxylation is 1. The van der Waals surface area contributed by atoms with Gasteiger partial charge in [-0.3, -0.25) is 4.79 Å². The van der Waals surface area contributed by atoms with E-state index >= 15 is 0 Å². The van der Waals surface area contributed by atoms with Crippen LogP contribution in [0.3, 0.4) is 0 Å². The van der Waals surface area contributed by atoms with Crippen LogP contribution in [0.1, 0.15) is 36.8 Å². The summed E-state index contributed by atoms with van der Waals surface area (Å²) in [5, 5.41) is 13.3. The van der Waals surface area contributed by atoms with Crippen molar-refractivity contribution in [3.05, 3.63) is 46.8 Å². The molecule has 1 N–H and O–H groups in total. The summed E-state index contributed by atoms with van der Waals surface area (Å²) in [6.07, 6.45) is 1.64. The number of carbonyl (C=O) groups excluding carboxylic acids is 1. The van der Waals surface area contributed by atoms with Gasteiger partial charge in [0.15, 0.2) is 11.7 Å². The van der Waals surface area contributed by atoms with Gasteiger partial charge in [-0.25, -0.2) is 4.98 Å². The number of amides is 1. The lowest BCUT2D eigenvalue weighted by Crippen LogP contribution is -2.13. The van der Waals surface area contributed by atoms with E-state index < -0.39 is 0 Å². The van der Waals surface area contributed by atoms with Gasteiger partial charge in [-0.05, 0) is 30.0 Å². The molecule has 0 saturated heterocycles. The highest BCUT2D eigenvalue weighted by Gasteiger charge is 2.13. The van der Waals surface area contributed by atoms with Gasteiger partial charge in [-0.2, -0.15) is 0 Å². The number of ether oxygens (including phenoxy) is 1. The molecule has 0 spiro atoms. The maximum Gasteiger partial charge on any atom is 0.277 e. The quantitative estimate of drug-likeness (QED) is 0.561. The zero-order valence-electron chi connectivity index (χ0n) is 15.3. The molecule has 3 aromatic rings. The number of hydrogen-bond donors (Lipinski definition) is 1. The predicted molar refractivity (Wildman–Crippen MR) is 105 cm³/mol. The van der Waals surface area contributed by atoms with Crippen LogP contribution in [0.15, 0.2) is 39.4 Å². The molecule has 27 heavy (non-hydrogen) atoms. The van der Waals surface area contributed by atoms with Crippen LogP contribution in [-0.2, 0) is 11.4 Å². The molecule has 0 fully saturated rings. The molecule has 3 rings (SSSR count). The van der Waals surface area contributed by atoms with Crippen LogP contribution in [0, 0.1) is 6.92 Å². The lowest BCUT2D eigenvalue weighted by atomic mass is 10.0. The van der Waals surface area contributed by atoms with Crippen molar-refractivity contribution in [2.24, 2.45) is 0 Å². The third-order valence-corrected chi connectivity index (χ3v) is 5.10. The Morgan fingerprint density at radius 2 is 2.22 bits per heavy atom. The van der Waals surface area contributed by atoms with E-state index in [2.05, 4.69) is 46.5 Å². The molecule has 1 aromatic carbocycles. The topological polar surface area (TPSA) is 90.1 Å². The Kier molecular flexibility index (Phi) is 6.46. The van der Waals surface area contributed by atoms with E-state index in [9.17, 15) is 4.79 Å². The summed E-state index contributed by atoms with van der Waals surface area (Å²) in [7, 11) is 0. The average molecular weight is 405 g/mol. The molecular weight excluding hydrogens is 384 g/mol. The molecule has 0 unspecified atom stereocenters. The summed E-state index contributed by atoms with van der Waals surface area (Å²) in [5.41, 5.74) is 2.26. The van der Waals surface area contributed by atoms with Crippen LogP contribution >= 0.6 is 23.1 Å². The van der Waals surface area contributed by atoms with Crippen molar-refractivity contribution in [3.63, 3.8) is 0 Å². The van der Waals surface area contributed by atoms with Gasteiger partial charge in [0.1, 0.15) is 5.75 Å². The second kappa shape index (κ2) is 9.01. The Hall–Kier alpha value is -2.39. The number of thiazole rings is 1. The molecule has 9 heteroatoms. The highest BCUT2D eigenvalue weighted by molar-refractivity contribution is 7.99. The fourth-order valence-corrected chi connectivity index (χ4v) is 3.43. The predicted octanol–water partition coefficient (Wildman–Crippen LogP) is 4.27. The zero-order chi connectivity index (χ0) is 19.2. The summed E-state index contributed by atoms with van der Waals surface area (Å²) in [4.78, 5) is 15.9. The van der Waals surface area contributed by atoms with E-state index in [0.717, 1.165) is 16.9 Å². The lowest BCUT2D eigenvalue weighted by Gasteiger charge is -2.13. The maximum absolute atomic E-state index is 11.9. The Morgan fingerprint density at radius 1 is 1.37 bits per heavy atom. The fourth-order valence-electron chi connectivity index (χ4n) is 2.31. The van der Waals surface area contributed by atoms with Gasteiger partial charge < -0.3 is 14.5 Å². The summed E-state index contributed by atoms with van der Waals surface area (Å²) >= 11 is 2.54. The van der Waals surface area contributed by atoms with Crippen LogP contribution in [-0.4, -0.2) is 26.8 Å². The van der Waals surface area contributed by atoms with E-state index in [0.29, 0.717) is 22.2 Å². The fraction of sp³-hybridized carbons (Fsp3) is 0.333. The van der Waals surface area contributed by atoms with Crippen molar-refractivity contribution in [3.8, 4) is 5.75 Å². The Balaban J connectivity index is 1.52. The maximum atomic E-state index is 11.9. The van der Waals surface area contributed by atoms with Gasteiger partial charge in [-0.1, -0.05) is 37.7 Å². The number of rotatable bonds is 8. The molecule has 2 aromatic heterocycles. The third-order valence-electron chi connectivity index (χ3n) is 3.60. The van der Waals surface area contributed by atoms with Crippen molar-refractivity contribution in [1.82, 2.24) is 15.2 Å². The number of nitrogens with one attached hydrogen (secondary N) is 1. The summed E-state index contributed by atoms with van der Waals surface area (Å²) in [6.45, 7) is 6.45. The van der Waals surface area contributed by atoms with Crippen molar-refractivity contribution in [2.45, 2.75) is 38.5 Å². The Bertz CT molecular complexity index is 894. The van der Waals surface area contributed by atoms with Gasteiger partial charge in [0.2, 0.25) is 5.91 Å². The molecule has 0 aliphatic carbocycles. The second-order valence-corrected chi connectivity index (χ2v) is 7.94. The van der Waals surface area contributed by atoms with E-state index in [1.807, 2.05) is 13.0 Å². The molecule has 142 valence electrons. The van der Waals surface area contributed by atoms with Gasteiger partial charge in [0.25, 0.3) is 11.1 Å². The smallest absolute Gasteiger partial charge is 0.277 e. The SMILES string of the molecule is Cc1ccc(C(C)C)c(OCc2nnc(SCC(=O)Nc3nccs3)o2)c1. The van der Waals surface area contributed by atoms with E-state index in [1.165, 1.54) is 23.1 Å². The molecule has 0 bridgehead atoms. The minimum absolute atomic E-state index is 0.164. The first-order valence-electron chi connectivity index (χ1n) is 8.39. The number of thioether (sulfide) groups is 1. The van der Waals surface area contributed by atoms with Crippen molar-refractivity contribution in [1.29, 1.82) is 0 Å². The van der Waals surface area contributed by atoms with Crippen molar-refractivity contribution >= 4 is 34.1 Å². The number of anilines is 1.